The minimum atomic E-state index is 0.0735. The second-order valence-electron chi connectivity index (χ2n) is 5.65. The topological polar surface area (TPSA) is 49.3 Å². The van der Waals surface area contributed by atoms with Gasteiger partial charge in [0.25, 0.3) is 0 Å². The predicted octanol–water partition coefficient (Wildman–Crippen LogP) is 2.91. The van der Waals surface area contributed by atoms with Gasteiger partial charge in [0.1, 0.15) is 0 Å². The summed E-state index contributed by atoms with van der Waals surface area (Å²) in [7, 11) is 0. The van der Waals surface area contributed by atoms with Gasteiger partial charge in [0.05, 0.1) is 6.61 Å². The summed E-state index contributed by atoms with van der Waals surface area (Å²) in [5, 5.41) is 12.0. The second-order valence-corrected chi connectivity index (χ2v) is 5.65. The van der Waals surface area contributed by atoms with Crippen molar-refractivity contribution >= 4 is 5.91 Å². The summed E-state index contributed by atoms with van der Waals surface area (Å²) in [6.45, 7) is 7.07. The van der Waals surface area contributed by atoms with Crippen molar-refractivity contribution in [3.8, 4) is 0 Å². The highest BCUT2D eigenvalue weighted by atomic mass is 16.3. The molecule has 20 heavy (non-hydrogen) atoms. The molecule has 0 saturated carbocycles. The molecule has 1 atom stereocenters. The number of aliphatic hydroxyl groups is 1. The van der Waals surface area contributed by atoms with Crippen LogP contribution >= 0.6 is 0 Å². The molecule has 1 amide bonds. The minimum absolute atomic E-state index is 0.0735. The average Bonchev–Trinajstić information content (AvgIpc) is 2.45. The van der Waals surface area contributed by atoms with Crippen LogP contribution in [-0.4, -0.2) is 17.6 Å². The Labute approximate surface area is 122 Å². The number of nitrogens with one attached hydrogen (secondary N) is 1. The molecule has 0 aliphatic rings. The molecule has 3 heteroatoms. The summed E-state index contributed by atoms with van der Waals surface area (Å²) in [6, 6.07) is 7.85. The Hall–Kier alpha value is -1.35. The Morgan fingerprint density at radius 3 is 2.30 bits per heavy atom. The smallest absolute Gasteiger partial charge is 0.223 e. The Bertz CT molecular complexity index is 398. The normalized spacial score (nSPS) is 12.4. The first-order chi connectivity index (χ1) is 9.58. The molecule has 2 N–H and O–H groups in total. The van der Waals surface area contributed by atoms with Gasteiger partial charge in [-0.05, 0) is 29.9 Å². The number of carbonyl (C=O) groups is 1. The maximum Gasteiger partial charge on any atom is 0.223 e. The van der Waals surface area contributed by atoms with Crippen LogP contribution in [0.4, 0.5) is 0 Å². The van der Waals surface area contributed by atoms with Crippen LogP contribution in [0.2, 0.25) is 0 Å². The number of hydrogen-bond donors (Lipinski definition) is 2. The molecule has 0 bridgehead atoms. The van der Waals surface area contributed by atoms with Gasteiger partial charge in [0.15, 0.2) is 0 Å². The zero-order chi connectivity index (χ0) is 15.0. The van der Waals surface area contributed by atoms with E-state index in [1.54, 1.807) is 0 Å². The van der Waals surface area contributed by atoms with E-state index in [0.717, 1.165) is 24.8 Å². The van der Waals surface area contributed by atoms with Crippen LogP contribution in [0.3, 0.4) is 0 Å². The molecule has 112 valence electrons. The van der Waals surface area contributed by atoms with Crippen molar-refractivity contribution in [2.75, 3.05) is 6.54 Å². The summed E-state index contributed by atoms with van der Waals surface area (Å²) >= 11 is 0. The SMILES string of the molecule is CCCC(C(=O)NCCc1ccc(CO)cc1)C(C)C. The monoisotopic (exact) mass is 277 g/mol. The van der Waals surface area contributed by atoms with Gasteiger partial charge < -0.3 is 10.4 Å². The molecule has 0 saturated heterocycles. The summed E-state index contributed by atoms with van der Waals surface area (Å²) < 4.78 is 0. The fourth-order valence-corrected chi connectivity index (χ4v) is 2.35. The van der Waals surface area contributed by atoms with E-state index in [1.165, 1.54) is 5.56 Å². The Morgan fingerprint density at radius 2 is 1.80 bits per heavy atom. The van der Waals surface area contributed by atoms with Crippen molar-refractivity contribution in [2.45, 2.75) is 46.6 Å². The van der Waals surface area contributed by atoms with E-state index >= 15 is 0 Å². The fourth-order valence-electron chi connectivity index (χ4n) is 2.35. The van der Waals surface area contributed by atoms with Gasteiger partial charge in [0.2, 0.25) is 5.91 Å². The average molecular weight is 277 g/mol. The van der Waals surface area contributed by atoms with Crippen molar-refractivity contribution in [1.29, 1.82) is 0 Å². The molecular formula is C17H27NO2. The Morgan fingerprint density at radius 1 is 1.20 bits per heavy atom. The van der Waals surface area contributed by atoms with E-state index in [-0.39, 0.29) is 18.4 Å². The van der Waals surface area contributed by atoms with Gasteiger partial charge in [0, 0.05) is 12.5 Å². The zero-order valence-corrected chi connectivity index (χ0v) is 12.9. The zero-order valence-electron chi connectivity index (χ0n) is 12.9. The van der Waals surface area contributed by atoms with Crippen molar-refractivity contribution in [3.63, 3.8) is 0 Å². The van der Waals surface area contributed by atoms with Crippen LogP contribution in [0.5, 0.6) is 0 Å². The van der Waals surface area contributed by atoms with Crippen LogP contribution in [0.1, 0.15) is 44.7 Å². The molecule has 0 aliphatic heterocycles. The molecule has 3 nitrogen and oxygen atoms in total. The van der Waals surface area contributed by atoms with Crippen LogP contribution in [-0.2, 0) is 17.8 Å². The maximum atomic E-state index is 12.1. The first kappa shape index (κ1) is 16.7. The summed E-state index contributed by atoms with van der Waals surface area (Å²) in [4.78, 5) is 12.1. The standard InChI is InChI=1S/C17H27NO2/c1-4-5-16(13(2)3)17(20)18-11-10-14-6-8-15(12-19)9-7-14/h6-9,13,16,19H,4-5,10-12H2,1-3H3,(H,18,20). The van der Waals surface area contributed by atoms with Crippen LogP contribution in [0.25, 0.3) is 0 Å². The largest absolute Gasteiger partial charge is 0.392 e. The lowest BCUT2D eigenvalue weighted by Gasteiger charge is -2.19. The van der Waals surface area contributed by atoms with Gasteiger partial charge in [-0.1, -0.05) is 51.5 Å². The van der Waals surface area contributed by atoms with Gasteiger partial charge >= 0.3 is 0 Å². The fraction of sp³-hybridized carbons (Fsp3) is 0.588. The number of hydrogen-bond acceptors (Lipinski definition) is 2. The third-order valence-corrected chi connectivity index (χ3v) is 3.66. The Kier molecular flexibility index (Phi) is 7.31. The molecule has 0 fully saturated rings. The Balaban J connectivity index is 2.40. The van der Waals surface area contributed by atoms with Crippen LogP contribution < -0.4 is 5.32 Å². The number of rotatable bonds is 8. The lowest BCUT2D eigenvalue weighted by molar-refractivity contribution is -0.126. The van der Waals surface area contributed by atoms with E-state index in [4.69, 9.17) is 5.11 Å². The number of aliphatic hydroxyl groups excluding tert-OH is 1. The molecule has 1 aromatic carbocycles. The van der Waals surface area contributed by atoms with Gasteiger partial charge in [-0.2, -0.15) is 0 Å². The van der Waals surface area contributed by atoms with Gasteiger partial charge in [-0.25, -0.2) is 0 Å². The van der Waals surface area contributed by atoms with E-state index in [0.29, 0.717) is 12.5 Å². The summed E-state index contributed by atoms with van der Waals surface area (Å²) in [5.74, 6) is 0.685. The number of benzene rings is 1. The van der Waals surface area contributed by atoms with Crippen LogP contribution in [0.15, 0.2) is 24.3 Å². The molecule has 1 unspecified atom stereocenters. The molecule has 0 heterocycles. The number of amides is 1. The summed E-state index contributed by atoms with van der Waals surface area (Å²) in [6.07, 6.45) is 2.82. The van der Waals surface area contributed by atoms with Crippen molar-refractivity contribution < 1.29 is 9.90 Å². The molecule has 1 aromatic rings. The predicted molar refractivity (Wildman–Crippen MR) is 82.3 cm³/mol. The molecule has 0 aliphatic carbocycles. The lowest BCUT2D eigenvalue weighted by Crippen LogP contribution is -2.34. The highest BCUT2D eigenvalue weighted by Gasteiger charge is 2.20. The van der Waals surface area contributed by atoms with Crippen molar-refractivity contribution in [3.05, 3.63) is 35.4 Å². The first-order valence-electron chi connectivity index (χ1n) is 7.54. The molecule has 0 aromatic heterocycles. The summed E-state index contributed by atoms with van der Waals surface area (Å²) in [5.41, 5.74) is 2.10. The highest BCUT2D eigenvalue weighted by molar-refractivity contribution is 5.78. The van der Waals surface area contributed by atoms with Crippen molar-refractivity contribution in [1.82, 2.24) is 5.32 Å². The van der Waals surface area contributed by atoms with E-state index in [9.17, 15) is 4.79 Å². The van der Waals surface area contributed by atoms with Crippen molar-refractivity contribution in [2.24, 2.45) is 11.8 Å². The van der Waals surface area contributed by atoms with Gasteiger partial charge in [-0.15, -0.1) is 0 Å². The lowest BCUT2D eigenvalue weighted by atomic mass is 9.90. The quantitative estimate of drug-likeness (QED) is 0.767. The second kappa shape index (κ2) is 8.75. The maximum absolute atomic E-state index is 12.1. The third kappa shape index (κ3) is 5.33. The molecule has 1 rings (SSSR count). The minimum Gasteiger partial charge on any atom is -0.392 e. The first-order valence-corrected chi connectivity index (χ1v) is 7.54. The van der Waals surface area contributed by atoms with Crippen LogP contribution in [0, 0.1) is 11.8 Å². The molecule has 0 radical (unpaired) electrons. The molecular weight excluding hydrogens is 250 g/mol. The molecule has 0 spiro atoms. The van der Waals surface area contributed by atoms with E-state index in [1.807, 2.05) is 24.3 Å². The van der Waals surface area contributed by atoms with Gasteiger partial charge in [-0.3, -0.25) is 4.79 Å². The van der Waals surface area contributed by atoms with E-state index < -0.39 is 0 Å². The third-order valence-electron chi connectivity index (χ3n) is 3.66. The highest BCUT2D eigenvalue weighted by Crippen LogP contribution is 2.17. The number of carbonyl (C=O) groups excluding carboxylic acids is 1. The van der Waals surface area contributed by atoms with E-state index in [2.05, 4.69) is 26.1 Å².